The molecule has 104 heavy (non-hydrogen) atoms. The fourth-order valence-corrected chi connectivity index (χ4v) is 18.9. The zero-order chi connectivity index (χ0) is 75.9. The summed E-state index contributed by atoms with van der Waals surface area (Å²) in [5.41, 5.74) is -2.73. The molecule has 10 aromatic rings. The Morgan fingerprint density at radius 1 is 0.346 bits per heavy atom. The van der Waals surface area contributed by atoms with Gasteiger partial charge in [0, 0.05) is 33.7 Å². The molecule has 0 amide bonds. The maximum atomic E-state index is 13.4. The summed E-state index contributed by atoms with van der Waals surface area (Å²) in [6.07, 6.45) is 0. The quantitative estimate of drug-likeness (QED) is 0.00985. The average Bonchev–Trinajstić information content (AvgIpc) is 0.751. The van der Waals surface area contributed by atoms with Crippen molar-refractivity contribution in [3.63, 3.8) is 0 Å². The highest BCUT2D eigenvalue weighted by Crippen LogP contribution is 2.48. The molecule has 0 fully saturated rings. The normalized spacial score (nSPS) is 12.9. The Hall–Kier alpha value is -9.06. The van der Waals surface area contributed by atoms with Gasteiger partial charge >= 0.3 is 0 Å². The van der Waals surface area contributed by atoms with Crippen molar-refractivity contribution in [2.75, 3.05) is 44.3 Å². The fourth-order valence-electron chi connectivity index (χ4n) is 9.14. The van der Waals surface area contributed by atoms with E-state index in [1.54, 1.807) is 0 Å². The van der Waals surface area contributed by atoms with Crippen LogP contribution >= 0.6 is 44.8 Å². The van der Waals surface area contributed by atoms with Crippen molar-refractivity contribution in [2.45, 2.75) is 39.2 Å². The van der Waals surface area contributed by atoms with E-state index in [1.165, 1.54) is 24.3 Å². The second-order valence-corrected chi connectivity index (χ2v) is 36.9. The van der Waals surface area contributed by atoms with Crippen molar-refractivity contribution < 1.29 is 105 Å². The molecule has 0 bridgehead atoms. The molecule has 50 heteroatoms. The summed E-state index contributed by atoms with van der Waals surface area (Å²) in [6, 6.07) is 22.5. The van der Waals surface area contributed by atoms with E-state index in [9.17, 15) is 105 Å². The maximum Gasteiger partial charge on any atom is 0.296 e. The van der Waals surface area contributed by atoms with Crippen molar-refractivity contribution in [2.24, 2.45) is 20.5 Å². The number of azo groups is 2. The van der Waals surface area contributed by atoms with E-state index in [0.29, 0.717) is 12.1 Å². The van der Waals surface area contributed by atoms with Crippen LogP contribution in [0.4, 0.5) is 69.3 Å². The molecule has 0 saturated heterocycles. The smallest absolute Gasteiger partial charge is 0.296 e. The van der Waals surface area contributed by atoms with Crippen molar-refractivity contribution in [1.29, 1.82) is 0 Å². The van der Waals surface area contributed by atoms with Gasteiger partial charge in [-0.1, -0.05) is 21.6 Å². The summed E-state index contributed by atoms with van der Waals surface area (Å²) >= 11 is 12.3. The largest absolute Gasteiger partial charge is 0.505 e. The topological polar surface area (TPSA) is 610 Å². The minimum atomic E-state index is -5.35. The molecule has 8 aromatic carbocycles. The van der Waals surface area contributed by atoms with Gasteiger partial charge in [-0.3, -0.25) is 27.3 Å². The first-order valence-electron chi connectivity index (χ1n) is 27.8. The first-order valence-corrected chi connectivity index (χ1v) is 43.0. The molecule has 2 heterocycles. The zero-order valence-corrected chi connectivity index (χ0v) is 60.6. The second-order valence-electron chi connectivity index (χ2n) is 20.9. The summed E-state index contributed by atoms with van der Waals surface area (Å²) in [6.45, 7) is 0. The highest BCUT2D eigenvalue weighted by Gasteiger charge is 2.29. The lowest BCUT2D eigenvalue weighted by molar-refractivity contribution is 0.471. The number of nitrogens with one attached hydrogen (secondary N) is 4. The Morgan fingerprint density at radius 2 is 0.644 bits per heavy atom. The summed E-state index contributed by atoms with van der Waals surface area (Å²) < 4.78 is 260. The number of hydrogen-bond donors (Lipinski definition) is 12. The predicted molar refractivity (Wildman–Crippen MR) is 376 cm³/mol. The molecule has 0 saturated carbocycles. The highest BCUT2D eigenvalue weighted by molar-refractivity contribution is 8.76. The molecule has 546 valence electrons. The molecular weight excluding hydrogens is 1620 g/mol. The number of aromatic nitrogens is 6. The zero-order valence-electron chi connectivity index (χ0n) is 51.0. The molecule has 0 aliphatic heterocycles. The standard InChI is InChI=1S/C54H42Cl2N14O24S10/c55-49-61-51(57-29-1-13-35(14-2-29)99(77,78)79)65-53(63-49)59-39-25-37(101(83,84)85)21-27-23-41(103(89,90)91)45(47(71)43(27)39)69-67-31-5-9-33(10-6-31)97(73,74)19-17-95-96-18-20-98(75,76)34-11-7-32(8-12-34)68-70-46-42(104(92,93)94)24-28-22-38(102(86,87)88)26-40(44(28)48(46)72)60-54-64-50(56)62-52(66-54)58-30-3-15-36(16-4-30)100(80,81)82/h1-16,21-26,71-72H,17-20H2,(H,77,78,79)(H,80,81,82)(H,83,84,85)(H,86,87,88)(H,89,90,91)(H,92,93,94)(H2,57,59,61,63,65)(H2,58,60,62,64,66). The minimum absolute atomic E-state index is 0.0591. The molecule has 10 rings (SSSR count). The third-order valence-corrected chi connectivity index (χ3v) is 25.7. The van der Waals surface area contributed by atoms with Crippen LogP contribution < -0.4 is 21.3 Å². The lowest BCUT2D eigenvalue weighted by Crippen LogP contribution is -2.09. The van der Waals surface area contributed by atoms with Crippen LogP contribution in [0.15, 0.2) is 193 Å². The van der Waals surface area contributed by atoms with Gasteiger partial charge in [-0.15, -0.1) is 10.2 Å². The molecule has 0 aliphatic carbocycles. The van der Waals surface area contributed by atoms with E-state index >= 15 is 0 Å². The Labute approximate surface area is 605 Å². The minimum Gasteiger partial charge on any atom is -0.505 e. The average molecular weight is 1660 g/mol. The van der Waals surface area contributed by atoms with Crippen LogP contribution in [0.3, 0.4) is 0 Å². The number of anilines is 8. The Bertz CT molecular complexity index is 5810. The summed E-state index contributed by atoms with van der Waals surface area (Å²) in [7, 11) is -36.1. The van der Waals surface area contributed by atoms with Crippen LogP contribution in [0.2, 0.25) is 10.6 Å². The fraction of sp³-hybridized carbons (Fsp3) is 0.0741. The monoisotopic (exact) mass is 1660 g/mol. The van der Waals surface area contributed by atoms with Gasteiger partial charge in [-0.25, -0.2) is 16.8 Å². The first-order chi connectivity index (χ1) is 48.4. The van der Waals surface area contributed by atoms with E-state index in [4.69, 9.17) is 23.2 Å². The van der Waals surface area contributed by atoms with Crippen molar-refractivity contribution in [3.05, 3.63) is 144 Å². The summed E-state index contributed by atoms with van der Waals surface area (Å²) in [4.78, 5) is 18.5. The van der Waals surface area contributed by atoms with Gasteiger partial charge in [-0.05, 0) is 167 Å². The number of rotatable bonds is 27. The number of benzene rings is 8. The lowest BCUT2D eigenvalue weighted by Gasteiger charge is -2.15. The molecule has 12 N–H and O–H groups in total. The summed E-state index contributed by atoms with van der Waals surface area (Å²) in [5.74, 6) is -4.76. The van der Waals surface area contributed by atoms with Gasteiger partial charge in [0.2, 0.25) is 34.4 Å². The molecular formula is C54H42Cl2N14O24S10. The predicted octanol–water partition coefficient (Wildman–Crippen LogP) is 10.00. The third kappa shape index (κ3) is 18.9. The van der Waals surface area contributed by atoms with E-state index in [0.717, 1.165) is 119 Å². The Kier molecular flexibility index (Phi) is 22.2. The van der Waals surface area contributed by atoms with Gasteiger partial charge in [0.1, 0.15) is 21.2 Å². The maximum absolute atomic E-state index is 13.4. The van der Waals surface area contributed by atoms with E-state index in [2.05, 4.69) is 71.6 Å². The van der Waals surface area contributed by atoms with Gasteiger partial charge in [0.25, 0.3) is 60.7 Å². The number of phenolic OH excluding ortho intramolecular Hbond substituents is 2. The van der Waals surface area contributed by atoms with Crippen molar-refractivity contribution in [3.8, 4) is 11.5 Å². The van der Waals surface area contributed by atoms with Gasteiger partial charge in [-0.2, -0.15) is 90.6 Å². The number of sulfone groups is 2. The number of aromatic hydroxyl groups is 2. The SMILES string of the molecule is O=S(=O)(O)c1ccc(Nc2nc(Cl)nc(Nc3cc(S(=O)(=O)O)cc4cc(S(=O)(=O)O)c(N=Nc5ccc(S(=O)(=O)CCSSCCS(=O)(=O)c6ccc(N=Nc7c(S(=O)(=O)O)cc8cc(S(=O)(=O)O)cc(Nc9nc(Cl)nc(Nc%10ccc(S(=O)(=O)O)cc%10)n9)c8c7O)cc6)cc5)c(O)c34)n2)cc1. The molecule has 0 radical (unpaired) electrons. The van der Waals surface area contributed by atoms with E-state index < -0.39 is 200 Å². The van der Waals surface area contributed by atoms with Crippen LogP contribution in [-0.2, 0) is 80.4 Å². The van der Waals surface area contributed by atoms with Crippen molar-refractivity contribution >= 4 is 216 Å². The van der Waals surface area contributed by atoms with Gasteiger partial charge < -0.3 is 31.5 Å². The van der Waals surface area contributed by atoms with Crippen LogP contribution in [0.5, 0.6) is 11.5 Å². The number of halogens is 2. The molecule has 38 nitrogen and oxygen atoms in total. The first kappa shape index (κ1) is 77.6. The number of nitrogens with zero attached hydrogens (tertiary/aromatic N) is 10. The number of fused-ring (bicyclic) bond motifs is 2. The van der Waals surface area contributed by atoms with Crippen LogP contribution in [0.25, 0.3) is 21.5 Å². The van der Waals surface area contributed by atoms with E-state index in [-0.39, 0.29) is 55.9 Å². The molecule has 0 spiro atoms. The molecule has 0 aliphatic rings. The Balaban J connectivity index is 0.788. The van der Waals surface area contributed by atoms with Crippen LogP contribution in [0, 0.1) is 0 Å². The molecule has 0 unspecified atom stereocenters. The third-order valence-electron chi connectivity index (χ3n) is 13.8. The van der Waals surface area contributed by atoms with Crippen LogP contribution in [-0.4, -0.2) is 158 Å². The van der Waals surface area contributed by atoms with Crippen molar-refractivity contribution in [1.82, 2.24) is 29.9 Å². The second kappa shape index (κ2) is 29.8. The number of phenols is 2. The number of hydrogen-bond acceptors (Lipinski definition) is 34. The molecule has 2 aromatic heterocycles. The van der Waals surface area contributed by atoms with E-state index in [1.807, 2.05) is 0 Å². The lowest BCUT2D eigenvalue weighted by atomic mass is 10.1. The van der Waals surface area contributed by atoms with Gasteiger partial charge in [0.05, 0.1) is 63.6 Å². The van der Waals surface area contributed by atoms with Crippen LogP contribution in [0.1, 0.15) is 0 Å². The summed E-state index contributed by atoms with van der Waals surface area (Å²) in [5, 5.41) is 46.6. The van der Waals surface area contributed by atoms with Gasteiger partial charge in [0.15, 0.2) is 31.2 Å². The molecule has 0 atom stereocenters. The highest BCUT2D eigenvalue weighted by atomic mass is 35.5. The Morgan fingerprint density at radius 3 is 0.942 bits per heavy atom.